The summed E-state index contributed by atoms with van der Waals surface area (Å²) in [7, 11) is 1.56. The number of guanidine groups is 1. The van der Waals surface area contributed by atoms with Crippen molar-refractivity contribution in [2.75, 3.05) is 7.11 Å². The molecule has 0 aliphatic carbocycles. The minimum Gasteiger partial charge on any atom is -0.497 e. The molecule has 0 saturated heterocycles. The molecule has 2 aromatic carbocycles. The van der Waals surface area contributed by atoms with Gasteiger partial charge in [-0.3, -0.25) is 9.78 Å². The monoisotopic (exact) mass is 388 g/mol. The van der Waals surface area contributed by atoms with Crippen LogP contribution in [0.1, 0.15) is 10.4 Å². The molecule has 0 unspecified atom stereocenters. The van der Waals surface area contributed by atoms with Crippen LogP contribution in [-0.2, 0) is 0 Å². The number of aromatic nitrogens is 1. The van der Waals surface area contributed by atoms with Crippen LogP contribution in [0.3, 0.4) is 0 Å². The fourth-order valence-electron chi connectivity index (χ4n) is 2.55. The molecule has 8 heteroatoms. The molecule has 26 heavy (non-hydrogen) atoms. The fraction of sp³-hybridized carbons (Fsp3) is 0.0556. The molecule has 1 aromatic heterocycles. The van der Waals surface area contributed by atoms with Crippen LogP contribution in [0.2, 0.25) is 10.0 Å². The normalized spacial score (nSPS) is 10.6. The summed E-state index contributed by atoms with van der Waals surface area (Å²) in [5.41, 5.74) is 12.1. The Morgan fingerprint density at radius 3 is 2.50 bits per heavy atom. The van der Waals surface area contributed by atoms with Crippen LogP contribution in [-0.4, -0.2) is 24.0 Å². The number of hydrogen-bond donors (Lipinski definition) is 2. The molecule has 1 heterocycles. The maximum absolute atomic E-state index is 12.1. The van der Waals surface area contributed by atoms with E-state index < -0.39 is 5.91 Å². The van der Waals surface area contributed by atoms with Crippen molar-refractivity contribution in [1.82, 2.24) is 4.98 Å². The van der Waals surface area contributed by atoms with Crippen LogP contribution in [0, 0.1) is 0 Å². The number of aliphatic imine (C=N–C) groups is 1. The number of carbonyl (C=O) groups is 1. The molecule has 1 amide bonds. The van der Waals surface area contributed by atoms with Gasteiger partial charge in [0.25, 0.3) is 5.91 Å². The summed E-state index contributed by atoms with van der Waals surface area (Å²) in [4.78, 5) is 20.1. The molecule has 3 rings (SSSR count). The van der Waals surface area contributed by atoms with E-state index >= 15 is 0 Å². The summed E-state index contributed by atoms with van der Waals surface area (Å²) in [5.74, 6) is -0.239. The summed E-state index contributed by atoms with van der Waals surface area (Å²) >= 11 is 12.6. The molecule has 0 aliphatic heterocycles. The number of halogens is 2. The summed E-state index contributed by atoms with van der Waals surface area (Å²) in [6.45, 7) is 0. The number of fused-ring (bicyclic) bond motifs is 1. The highest BCUT2D eigenvalue weighted by Gasteiger charge is 2.15. The number of methoxy groups -OCH3 is 1. The van der Waals surface area contributed by atoms with Crippen molar-refractivity contribution < 1.29 is 9.53 Å². The quantitative estimate of drug-likeness (QED) is 0.526. The minimum absolute atomic E-state index is 0.306. The van der Waals surface area contributed by atoms with Crippen molar-refractivity contribution in [2.24, 2.45) is 16.5 Å². The third-order valence-electron chi connectivity index (χ3n) is 3.75. The maximum Gasteiger partial charge on any atom is 0.280 e. The summed E-state index contributed by atoms with van der Waals surface area (Å²) < 4.78 is 5.17. The van der Waals surface area contributed by atoms with E-state index in [4.69, 9.17) is 39.4 Å². The number of hydrogen-bond acceptors (Lipinski definition) is 3. The first-order chi connectivity index (χ1) is 12.4. The van der Waals surface area contributed by atoms with Gasteiger partial charge in [0, 0.05) is 28.1 Å². The van der Waals surface area contributed by atoms with Gasteiger partial charge in [0.15, 0.2) is 5.96 Å². The van der Waals surface area contributed by atoms with Crippen molar-refractivity contribution in [3.63, 3.8) is 0 Å². The van der Waals surface area contributed by atoms with Gasteiger partial charge in [0.1, 0.15) is 5.75 Å². The average molecular weight is 389 g/mol. The fourth-order valence-corrected chi connectivity index (χ4v) is 3.03. The Balaban J connectivity index is 2.24. The molecule has 0 spiro atoms. The van der Waals surface area contributed by atoms with Gasteiger partial charge in [-0.15, -0.1) is 0 Å². The van der Waals surface area contributed by atoms with Crippen LogP contribution in [0.5, 0.6) is 5.75 Å². The van der Waals surface area contributed by atoms with Gasteiger partial charge >= 0.3 is 0 Å². The maximum atomic E-state index is 12.1. The first kappa shape index (κ1) is 18.0. The summed E-state index contributed by atoms with van der Waals surface area (Å²) in [5, 5.41) is 2.29. The molecule has 132 valence electrons. The SMILES string of the molecule is COc1ccc(-c2ncc(Cl)c3ccc(C(=O)N=C(N)N)cc23)c(Cl)c1. The Hall–Kier alpha value is -2.83. The molecule has 0 bridgehead atoms. The van der Waals surface area contributed by atoms with Crippen molar-refractivity contribution in [2.45, 2.75) is 0 Å². The third-order valence-corrected chi connectivity index (χ3v) is 4.36. The predicted octanol–water partition coefficient (Wildman–Crippen LogP) is 3.63. The van der Waals surface area contributed by atoms with Crippen molar-refractivity contribution in [1.29, 1.82) is 0 Å². The van der Waals surface area contributed by atoms with Crippen LogP contribution < -0.4 is 16.2 Å². The van der Waals surface area contributed by atoms with Gasteiger partial charge in [-0.05, 0) is 30.3 Å². The number of pyridine rings is 1. The third kappa shape index (κ3) is 3.42. The minimum atomic E-state index is -0.557. The van der Waals surface area contributed by atoms with E-state index in [1.54, 1.807) is 43.5 Å². The molecule has 6 nitrogen and oxygen atoms in total. The second-order valence-electron chi connectivity index (χ2n) is 5.40. The molecule has 3 aromatic rings. The Labute approximate surface area is 159 Å². The molecule has 0 atom stereocenters. The van der Waals surface area contributed by atoms with Crippen molar-refractivity contribution in [3.05, 3.63) is 58.2 Å². The van der Waals surface area contributed by atoms with Crippen molar-refractivity contribution in [3.8, 4) is 17.0 Å². The van der Waals surface area contributed by atoms with Crippen molar-refractivity contribution >= 4 is 45.8 Å². The zero-order chi connectivity index (χ0) is 18.8. The van der Waals surface area contributed by atoms with E-state index in [-0.39, 0.29) is 5.96 Å². The lowest BCUT2D eigenvalue weighted by molar-refractivity contribution is 0.100. The van der Waals surface area contributed by atoms with Gasteiger partial charge in [-0.2, -0.15) is 4.99 Å². The van der Waals surface area contributed by atoms with E-state index in [1.165, 1.54) is 6.20 Å². The number of rotatable bonds is 3. The number of nitrogens with two attached hydrogens (primary N) is 2. The molecular formula is C18H14Cl2N4O2. The van der Waals surface area contributed by atoms with E-state index in [2.05, 4.69) is 9.98 Å². The van der Waals surface area contributed by atoms with Gasteiger partial charge in [-0.1, -0.05) is 29.3 Å². The highest BCUT2D eigenvalue weighted by molar-refractivity contribution is 6.36. The van der Waals surface area contributed by atoms with Crippen LogP contribution >= 0.6 is 23.2 Å². The van der Waals surface area contributed by atoms with Crippen LogP contribution in [0.25, 0.3) is 22.0 Å². The molecular weight excluding hydrogens is 375 g/mol. The van der Waals surface area contributed by atoms with Gasteiger partial charge < -0.3 is 16.2 Å². The largest absolute Gasteiger partial charge is 0.497 e. The van der Waals surface area contributed by atoms with E-state index in [0.29, 0.717) is 38.0 Å². The van der Waals surface area contributed by atoms with E-state index in [9.17, 15) is 4.79 Å². The second-order valence-corrected chi connectivity index (χ2v) is 6.22. The van der Waals surface area contributed by atoms with Gasteiger partial charge in [0.05, 0.1) is 22.8 Å². The second kappa shape index (κ2) is 7.19. The lowest BCUT2D eigenvalue weighted by Gasteiger charge is -2.11. The first-order valence-corrected chi connectivity index (χ1v) is 8.22. The number of nitrogens with zero attached hydrogens (tertiary/aromatic N) is 2. The zero-order valence-electron chi connectivity index (χ0n) is 13.7. The van der Waals surface area contributed by atoms with Crippen LogP contribution in [0.4, 0.5) is 0 Å². The molecule has 0 saturated carbocycles. The number of benzene rings is 2. The van der Waals surface area contributed by atoms with Gasteiger partial charge in [0.2, 0.25) is 0 Å². The average Bonchev–Trinajstić information content (AvgIpc) is 2.61. The highest BCUT2D eigenvalue weighted by Crippen LogP contribution is 2.36. The first-order valence-electron chi connectivity index (χ1n) is 7.47. The summed E-state index contributed by atoms with van der Waals surface area (Å²) in [6, 6.07) is 10.2. The molecule has 0 aliphatic rings. The van der Waals surface area contributed by atoms with E-state index in [0.717, 1.165) is 5.39 Å². The topological polar surface area (TPSA) is 104 Å². The Morgan fingerprint density at radius 1 is 1.08 bits per heavy atom. The Kier molecular flexibility index (Phi) is 4.97. The predicted molar refractivity (Wildman–Crippen MR) is 104 cm³/mol. The highest BCUT2D eigenvalue weighted by atomic mass is 35.5. The summed E-state index contributed by atoms with van der Waals surface area (Å²) in [6.07, 6.45) is 1.54. The van der Waals surface area contributed by atoms with E-state index in [1.807, 2.05) is 0 Å². The zero-order valence-corrected chi connectivity index (χ0v) is 15.2. The molecule has 0 fully saturated rings. The Bertz CT molecular complexity index is 1050. The number of carbonyl (C=O) groups excluding carboxylic acids is 1. The Morgan fingerprint density at radius 2 is 1.85 bits per heavy atom. The van der Waals surface area contributed by atoms with Crippen LogP contribution in [0.15, 0.2) is 47.6 Å². The number of ether oxygens (including phenoxy) is 1. The van der Waals surface area contributed by atoms with Gasteiger partial charge in [-0.25, -0.2) is 0 Å². The molecule has 0 radical (unpaired) electrons. The lowest BCUT2D eigenvalue weighted by atomic mass is 10.0. The lowest BCUT2D eigenvalue weighted by Crippen LogP contribution is -2.24. The standard InChI is InChI=1S/C18H14Cl2N4O2/c1-26-10-3-5-12(14(19)7-10)16-13-6-9(17(25)24-18(21)22)2-4-11(13)15(20)8-23-16/h2-8H,1H3,(H4,21,22,24,25). The number of amides is 1. The smallest absolute Gasteiger partial charge is 0.280 e. The molecule has 4 N–H and O–H groups in total.